The molecule has 4 aromatic rings. The number of ether oxygens (including phenoxy) is 1. The average Bonchev–Trinajstić information content (AvgIpc) is 3.49. The van der Waals surface area contributed by atoms with Gasteiger partial charge in [0.1, 0.15) is 17.0 Å². The highest BCUT2D eigenvalue weighted by atomic mass is 32.2. The van der Waals surface area contributed by atoms with Crippen molar-refractivity contribution in [3.8, 4) is 11.1 Å². The molecule has 3 aromatic carbocycles. The number of carbonyl (C=O) groups is 1. The van der Waals surface area contributed by atoms with Gasteiger partial charge in [0, 0.05) is 23.6 Å². The lowest BCUT2D eigenvalue weighted by molar-refractivity contribution is 0.0959. The molecule has 1 amide bonds. The summed E-state index contributed by atoms with van der Waals surface area (Å²) in [5.41, 5.74) is -0.379. The number of anilines is 2. The van der Waals surface area contributed by atoms with Crippen molar-refractivity contribution >= 4 is 39.5 Å². The third-order valence-electron chi connectivity index (χ3n) is 5.81. The summed E-state index contributed by atoms with van der Waals surface area (Å²) in [6.07, 6.45) is 0. The van der Waals surface area contributed by atoms with Gasteiger partial charge < -0.3 is 10.1 Å². The summed E-state index contributed by atoms with van der Waals surface area (Å²) < 4.78 is 74.7. The molecule has 0 saturated carbocycles. The number of hydrogen-bond donors (Lipinski definition) is 3. The lowest BCUT2D eigenvalue weighted by atomic mass is 10.00. The second-order valence-electron chi connectivity index (χ2n) is 7.69. The lowest BCUT2D eigenvalue weighted by Crippen LogP contribution is -2.22. The number of benzene rings is 3. The molecule has 8 nitrogen and oxygen atoms in total. The van der Waals surface area contributed by atoms with E-state index in [1.165, 1.54) is 19.2 Å². The smallest absolute Gasteiger partial charge is 0.269 e. The zero-order valence-electron chi connectivity index (χ0n) is 18.1. The molecule has 5 rings (SSSR count). The van der Waals surface area contributed by atoms with Crippen molar-refractivity contribution in [2.75, 3.05) is 11.4 Å². The third kappa shape index (κ3) is 3.66. The van der Waals surface area contributed by atoms with Gasteiger partial charge in [-0.2, -0.15) is 5.10 Å². The summed E-state index contributed by atoms with van der Waals surface area (Å²) in [6.45, 7) is 0.437. The maximum atomic E-state index is 15.8. The Labute approximate surface area is 199 Å². The molecule has 3 N–H and O–H groups in total. The highest BCUT2D eigenvalue weighted by molar-refractivity contribution is 7.81. The average molecular weight is 502 g/mol. The van der Waals surface area contributed by atoms with Gasteiger partial charge in [0.05, 0.1) is 30.2 Å². The summed E-state index contributed by atoms with van der Waals surface area (Å²) in [6, 6.07) is 9.25. The summed E-state index contributed by atoms with van der Waals surface area (Å²) in [7, 11) is 1.39. The lowest BCUT2D eigenvalue weighted by Gasteiger charge is -2.24. The summed E-state index contributed by atoms with van der Waals surface area (Å²) >= 11 is -2.75. The van der Waals surface area contributed by atoms with Crippen molar-refractivity contribution < 1.29 is 31.5 Å². The molecule has 1 aliphatic heterocycles. The molecule has 0 bridgehead atoms. The largest absolute Gasteiger partial charge is 0.372 e. The van der Waals surface area contributed by atoms with E-state index in [-0.39, 0.29) is 28.9 Å². The van der Waals surface area contributed by atoms with Crippen molar-refractivity contribution in [1.82, 2.24) is 15.5 Å². The van der Waals surface area contributed by atoms with Gasteiger partial charge in [0.15, 0.2) is 11.6 Å². The van der Waals surface area contributed by atoms with Crippen LogP contribution in [0.2, 0.25) is 0 Å². The van der Waals surface area contributed by atoms with E-state index >= 15 is 8.78 Å². The van der Waals surface area contributed by atoms with Crippen LogP contribution < -0.4 is 9.62 Å². The number of rotatable bonds is 5. The highest BCUT2D eigenvalue weighted by Crippen LogP contribution is 2.41. The van der Waals surface area contributed by atoms with Gasteiger partial charge in [-0.1, -0.05) is 18.2 Å². The zero-order valence-corrected chi connectivity index (χ0v) is 18.9. The normalized spacial score (nSPS) is 13.6. The van der Waals surface area contributed by atoms with Crippen molar-refractivity contribution in [2.45, 2.75) is 13.2 Å². The number of H-pyrrole nitrogens is 1. The van der Waals surface area contributed by atoms with Gasteiger partial charge in [-0.3, -0.25) is 14.4 Å². The van der Waals surface area contributed by atoms with E-state index in [0.29, 0.717) is 12.2 Å². The quantitative estimate of drug-likeness (QED) is 0.353. The van der Waals surface area contributed by atoms with Gasteiger partial charge in [0.25, 0.3) is 17.2 Å². The first-order valence-corrected chi connectivity index (χ1v) is 11.4. The number of aromatic amines is 1. The first kappa shape index (κ1) is 23.0. The monoisotopic (exact) mass is 502 g/mol. The van der Waals surface area contributed by atoms with Crippen molar-refractivity contribution in [3.05, 3.63) is 76.7 Å². The summed E-state index contributed by atoms with van der Waals surface area (Å²) in [4.78, 5) is 12.0. The minimum absolute atomic E-state index is 0.00958. The third-order valence-corrected chi connectivity index (χ3v) is 6.51. The first-order chi connectivity index (χ1) is 16.8. The number of aromatic nitrogens is 2. The number of amides is 1. The van der Waals surface area contributed by atoms with Crippen LogP contribution >= 0.6 is 0 Å². The SMILES string of the molecule is CNC(=O)c1[nH]nc2c(F)c(-c3c(F)ccc(N(c4cccc5c4COC5)S(=O)O)c3F)ccc12. The van der Waals surface area contributed by atoms with E-state index in [0.717, 1.165) is 28.1 Å². The molecule has 1 aromatic heterocycles. The second-order valence-corrected chi connectivity index (χ2v) is 8.52. The molecule has 0 saturated heterocycles. The Balaban J connectivity index is 1.69. The van der Waals surface area contributed by atoms with Crippen LogP contribution in [0.15, 0.2) is 42.5 Å². The molecule has 180 valence electrons. The molecule has 0 aliphatic carbocycles. The fourth-order valence-electron chi connectivity index (χ4n) is 4.16. The second kappa shape index (κ2) is 8.80. The molecule has 0 radical (unpaired) electrons. The van der Waals surface area contributed by atoms with E-state index in [2.05, 4.69) is 15.5 Å². The van der Waals surface area contributed by atoms with Crippen molar-refractivity contribution in [2.24, 2.45) is 0 Å². The van der Waals surface area contributed by atoms with Crippen molar-refractivity contribution in [3.63, 3.8) is 0 Å². The van der Waals surface area contributed by atoms with Gasteiger partial charge in [-0.25, -0.2) is 21.7 Å². The molecule has 0 spiro atoms. The molecular formula is C23H17F3N4O4S. The Hall–Kier alpha value is -3.74. The fourth-order valence-corrected chi connectivity index (χ4v) is 4.81. The predicted molar refractivity (Wildman–Crippen MR) is 123 cm³/mol. The molecule has 1 atom stereocenters. The van der Waals surface area contributed by atoms with Crippen LogP contribution in [0.1, 0.15) is 21.6 Å². The molecule has 2 heterocycles. The van der Waals surface area contributed by atoms with Crippen LogP contribution in [0.4, 0.5) is 24.5 Å². The Bertz CT molecular complexity index is 1520. The molecular weight excluding hydrogens is 485 g/mol. The molecule has 35 heavy (non-hydrogen) atoms. The Kier molecular flexibility index (Phi) is 5.79. The van der Waals surface area contributed by atoms with Gasteiger partial charge in [-0.15, -0.1) is 0 Å². The number of carbonyl (C=O) groups excluding carboxylic acids is 1. The molecule has 12 heteroatoms. The maximum Gasteiger partial charge on any atom is 0.269 e. The van der Waals surface area contributed by atoms with Crippen LogP contribution in [0.5, 0.6) is 0 Å². The minimum atomic E-state index is -2.75. The number of fused-ring (bicyclic) bond motifs is 2. The number of nitrogens with zero attached hydrogens (tertiary/aromatic N) is 2. The topological polar surface area (TPSA) is 108 Å². The van der Waals surface area contributed by atoms with Crippen LogP contribution in [-0.4, -0.2) is 31.9 Å². The highest BCUT2D eigenvalue weighted by Gasteiger charge is 2.29. The number of halogens is 3. The molecule has 0 fully saturated rings. The van der Waals surface area contributed by atoms with E-state index in [9.17, 15) is 17.9 Å². The van der Waals surface area contributed by atoms with E-state index < -0.39 is 51.4 Å². The Morgan fingerprint density at radius 2 is 1.91 bits per heavy atom. The van der Waals surface area contributed by atoms with Crippen LogP contribution in [-0.2, 0) is 29.2 Å². The Morgan fingerprint density at radius 1 is 1.11 bits per heavy atom. The van der Waals surface area contributed by atoms with Crippen molar-refractivity contribution in [1.29, 1.82) is 0 Å². The summed E-state index contributed by atoms with van der Waals surface area (Å²) in [5.74, 6) is -3.94. The van der Waals surface area contributed by atoms with Crippen LogP contribution in [0.3, 0.4) is 0 Å². The number of hydrogen-bond acceptors (Lipinski definition) is 4. The van der Waals surface area contributed by atoms with Crippen LogP contribution in [0, 0.1) is 17.5 Å². The van der Waals surface area contributed by atoms with E-state index in [1.807, 2.05) is 0 Å². The zero-order chi connectivity index (χ0) is 24.9. The minimum Gasteiger partial charge on any atom is -0.372 e. The van der Waals surface area contributed by atoms with Crippen LogP contribution in [0.25, 0.3) is 22.0 Å². The number of nitrogens with one attached hydrogen (secondary N) is 2. The maximum absolute atomic E-state index is 15.8. The first-order valence-electron chi connectivity index (χ1n) is 10.3. The molecule has 1 aliphatic rings. The van der Waals surface area contributed by atoms with Gasteiger partial charge >= 0.3 is 0 Å². The predicted octanol–water partition coefficient (Wildman–Crippen LogP) is 4.31. The summed E-state index contributed by atoms with van der Waals surface area (Å²) in [5, 5.41) is 8.72. The molecule has 1 unspecified atom stereocenters. The van der Waals surface area contributed by atoms with Gasteiger partial charge in [0.2, 0.25) is 0 Å². The standard InChI is InChI=1S/C23H17F3N4O4S/c1-27-23(31)22-13-6-5-12(19(25)21(13)28-29-22)18-15(24)7-8-17(20(18)26)30(35(32)33)16-4-2-3-11-9-34-10-14(11)16/h2-8H,9-10H2,1H3,(H,27,31)(H,28,29)(H,32,33). The Morgan fingerprint density at radius 3 is 2.66 bits per heavy atom. The van der Waals surface area contributed by atoms with E-state index in [4.69, 9.17) is 4.74 Å². The van der Waals surface area contributed by atoms with Gasteiger partial charge in [-0.05, 0) is 29.8 Å². The van der Waals surface area contributed by atoms with E-state index in [1.54, 1.807) is 12.1 Å². The fraction of sp³-hybridized carbons (Fsp3) is 0.130.